The van der Waals surface area contributed by atoms with E-state index in [9.17, 15) is 34.1 Å². The average molecular weight is 932 g/mol. The van der Waals surface area contributed by atoms with Crippen LogP contribution in [-0.4, -0.2) is 50.0 Å². The topological polar surface area (TPSA) is 209 Å². The first-order valence-electron chi connectivity index (χ1n) is 20.2. The van der Waals surface area contributed by atoms with Crippen LogP contribution in [0.4, 0.5) is 11.4 Å². The number of aliphatic carboxylic acids is 1. The molecule has 0 radical (unpaired) electrons. The molecule has 65 heavy (non-hydrogen) atoms. The predicted molar refractivity (Wildman–Crippen MR) is 244 cm³/mol. The number of carboxylic acid groups (broad SMARTS) is 1. The third-order valence-corrected chi connectivity index (χ3v) is 13.2. The standard InChI is InChI=1S/C48H38Cl2N5O9S/c49-39-17-8-30(18-40(39)50)26-63-37-15-13-33(14-16-37)45-46(56)53-41-20-34-21-42(52-25-35(34)22-44(41)64-45)47(57)54(27-65(62)38-3-1-2-36(23-38)55(60)61)43(48(58)59)19-28-4-9-31(10-5-28)32-11-6-29(24-51)7-12-32/h1-18,20,22-23,42-43,45,52,55H,19,21,25-27H2,(H,53,56)(H,58,59)/q-1/t42?,43-,45?,65?/m0/s1. The van der Waals surface area contributed by atoms with E-state index in [0.29, 0.717) is 49.5 Å². The number of benzene rings is 6. The Hall–Kier alpha value is -6.61. The van der Waals surface area contributed by atoms with Crippen molar-refractivity contribution >= 4 is 63.2 Å². The van der Waals surface area contributed by atoms with Crippen LogP contribution in [0.1, 0.15) is 39.5 Å². The van der Waals surface area contributed by atoms with Crippen LogP contribution in [0.25, 0.3) is 11.1 Å². The van der Waals surface area contributed by atoms with Crippen molar-refractivity contribution in [1.29, 1.82) is 5.26 Å². The van der Waals surface area contributed by atoms with E-state index >= 15 is 0 Å². The van der Waals surface area contributed by atoms with Crippen LogP contribution in [0.2, 0.25) is 10.0 Å². The third-order valence-electron chi connectivity index (χ3n) is 11.1. The second kappa shape index (κ2) is 19.6. The molecule has 0 saturated carbocycles. The molecule has 0 spiro atoms. The van der Waals surface area contributed by atoms with E-state index in [0.717, 1.165) is 27.2 Å². The highest BCUT2D eigenvalue weighted by Gasteiger charge is 2.38. The summed E-state index contributed by atoms with van der Waals surface area (Å²) in [6, 6.07) is 34.8. The summed E-state index contributed by atoms with van der Waals surface area (Å²) < 4.78 is 26.0. The summed E-state index contributed by atoms with van der Waals surface area (Å²) in [5.41, 5.74) is 5.88. The van der Waals surface area contributed by atoms with Crippen LogP contribution >= 0.6 is 23.2 Å². The van der Waals surface area contributed by atoms with Crippen molar-refractivity contribution in [2.45, 2.75) is 49.1 Å². The van der Waals surface area contributed by atoms with Crippen LogP contribution in [0.15, 0.2) is 132 Å². The maximum atomic E-state index is 14.6. The van der Waals surface area contributed by atoms with Crippen LogP contribution < -0.4 is 25.3 Å². The fraction of sp³-hybridized carbons (Fsp3) is 0.167. The van der Waals surface area contributed by atoms with Crippen molar-refractivity contribution in [2.75, 3.05) is 11.2 Å². The van der Waals surface area contributed by atoms with E-state index in [-0.39, 0.29) is 36.6 Å². The number of hydrogen-bond acceptors (Lipinski definition) is 10. The molecule has 6 aromatic carbocycles. The number of hydrogen-bond donors (Lipinski definition) is 4. The van der Waals surface area contributed by atoms with Gasteiger partial charge in [0.1, 0.15) is 35.7 Å². The largest absolute Gasteiger partial charge is 0.628 e. The molecule has 3 unspecified atom stereocenters. The first-order valence-corrected chi connectivity index (χ1v) is 22.3. The number of carbonyl (C=O) groups excluding carboxylic acids is 2. The minimum atomic E-state index is -2.05. The molecule has 330 valence electrons. The average Bonchev–Trinajstić information content (AvgIpc) is 3.32. The summed E-state index contributed by atoms with van der Waals surface area (Å²) in [4.78, 5) is 42.3. The molecule has 17 heteroatoms. The van der Waals surface area contributed by atoms with Gasteiger partial charge in [-0.3, -0.25) is 13.8 Å². The van der Waals surface area contributed by atoms with Gasteiger partial charge >= 0.3 is 5.97 Å². The van der Waals surface area contributed by atoms with Gasteiger partial charge in [0.25, 0.3) is 5.91 Å². The van der Waals surface area contributed by atoms with Gasteiger partial charge in [-0.1, -0.05) is 83.9 Å². The van der Waals surface area contributed by atoms with E-state index in [2.05, 4.69) is 16.7 Å². The first kappa shape index (κ1) is 45.0. The molecule has 0 fully saturated rings. The first-order chi connectivity index (χ1) is 31.3. The molecule has 2 amide bonds. The molecule has 0 bridgehead atoms. The number of quaternary nitrogens is 1. The Balaban J connectivity index is 0.995. The highest BCUT2D eigenvalue weighted by atomic mass is 35.5. The summed E-state index contributed by atoms with van der Waals surface area (Å²) >= 11 is 12.1. The zero-order valence-corrected chi connectivity index (χ0v) is 36.5. The minimum Gasteiger partial charge on any atom is -0.628 e. The highest BCUT2D eigenvalue weighted by molar-refractivity contribution is 7.85. The molecular weight excluding hydrogens is 894 g/mol. The zero-order valence-electron chi connectivity index (χ0n) is 34.2. The lowest BCUT2D eigenvalue weighted by molar-refractivity contribution is -0.715. The zero-order chi connectivity index (χ0) is 45.8. The number of carbonyl (C=O) groups is 3. The van der Waals surface area contributed by atoms with Crippen LogP contribution in [0, 0.1) is 21.7 Å². The molecule has 4 N–H and O–H groups in total. The Labute approximate surface area is 385 Å². The molecule has 6 aromatic rings. The second-order valence-corrected chi connectivity index (χ2v) is 17.6. The van der Waals surface area contributed by atoms with Gasteiger partial charge in [0, 0.05) is 29.5 Å². The summed E-state index contributed by atoms with van der Waals surface area (Å²) in [5.74, 6) is -1.94. The SMILES string of the molecule is N#Cc1ccc(-c2ccc(C[C@@H](C(=O)O)N(CS(=O)c3cccc([NH+]([O-])[O-])c3)C(=O)C3Cc4cc5c(cc4CN3)OC(c3ccc(OCc4ccc(Cl)c(Cl)c4)cc3)C(=O)N5)cc2)cc1. The molecule has 2 aliphatic heterocycles. The van der Waals surface area contributed by atoms with Crippen LogP contribution in [-0.2, 0) is 51.2 Å². The van der Waals surface area contributed by atoms with E-state index in [4.69, 9.17) is 37.9 Å². The lowest BCUT2D eigenvalue weighted by Crippen LogP contribution is -2.96. The quantitative estimate of drug-likeness (QED) is 0.0818. The molecular formula is C48H38Cl2N5O9S-. The Morgan fingerprint density at radius 3 is 2.29 bits per heavy atom. The van der Waals surface area contributed by atoms with E-state index < -0.39 is 57.9 Å². The number of amides is 2. The van der Waals surface area contributed by atoms with Crippen molar-refractivity contribution in [2.24, 2.45) is 0 Å². The fourth-order valence-electron chi connectivity index (χ4n) is 7.65. The van der Waals surface area contributed by atoms with Crippen molar-refractivity contribution < 1.29 is 38.4 Å². The minimum absolute atomic E-state index is 0.0761. The van der Waals surface area contributed by atoms with Gasteiger partial charge in [0.2, 0.25) is 12.0 Å². The number of carboxylic acids is 1. The molecule has 0 aliphatic carbocycles. The lowest BCUT2D eigenvalue weighted by Gasteiger charge is -2.35. The van der Waals surface area contributed by atoms with Gasteiger partial charge in [-0.15, -0.1) is 0 Å². The number of ether oxygens (including phenoxy) is 2. The molecule has 4 atom stereocenters. The number of halogens is 2. The number of nitrogens with zero attached hydrogens (tertiary/aromatic N) is 2. The molecule has 0 aromatic heterocycles. The van der Waals surface area contributed by atoms with Crippen molar-refractivity contribution in [3.05, 3.63) is 181 Å². The number of nitrogens with one attached hydrogen (secondary N) is 3. The summed E-state index contributed by atoms with van der Waals surface area (Å²) in [6.07, 6.45) is -1.00. The van der Waals surface area contributed by atoms with Gasteiger partial charge in [-0.25, -0.2) is 4.79 Å². The summed E-state index contributed by atoms with van der Waals surface area (Å²) in [5, 5.41) is 48.6. The van der Waals surface area contributed by atoms with Crippen LogP contribution in [0.5, 0.6) is 11.5 Å². The molecule has 2 heterocycles. The number of anilines is 1. The molecule has 0 saturated heterocycles. The van der Waals surface area contributed by atoms with E-state index in [1.165, 1.54) is 24.3 Å². The number of nitriles is 1. The second-order valence-electron chi connectivity index (χ2n) is 15.4. The van der Waals surface area contributed by atoms with Gasteiger partial charge in [-0.2, -0.15) is 5.26 Å². The number of rotatable bonds is 14. The van der Waals surface area contributed by atoms with Gasteiger partial charge in [0.05, 0.1) is 44.2 Å². The molecule has 8 rings (SSSR count). The fourth-order valence-corrected chi connectivity index (χ4v) is 9.17. The summed E-state index contributed by atoms with van der Waals surface area (Å²) in [6.45, 7) is 0.441. The monoisotopic (exact) mass is 930 g/mol. The normalized spacial score (nSPS) is 16.2. The highest BCUT2D eigenvalue weighted by Crippen LogP contribution is 2.39. The Bertz CT molecular complexity index is 2840. The smallest absolute Gasteiger partial charge is 0.326 e. The Morgan fingerprint density at radius 1 is 0.908 bits per heavy atom. The van der Waals surface area contributed by atoms with Crippen LogP contribution in [0.3, 0.4) is 0 Å². The van der Waals surface area contributed by atoms with Crippen molar-refractivity contribution in [3.8, 4) is 28.7 Å². The molecule has 2 aliphatic rings. The van der Waals surface area contributed by atoms with Gasteiger partial charge < -0.3 is 45.8 Å². The maximum Gasteiger partial charge on any atom is 0.326 e. The Kier molecular flexibility index (Phi) is 13.6. The lowest BCUT2D eigenvalue weighted by atomic mass is 9.93. The summed E-state index contributed by atoms with van der Waals surface area (Å²) in [7, 11) is -2.05. The number of fused-ring (bicyclic) bond motifs is 2. The maximum absolute atomic E-state index is 14.6. The van der Waals surface area contributed by atoms with Crippen molar-refractivity contribution in [1.82, 2.24) is 10.2 Å². The van der Waals surface area contributed by atoms with E-state index in [1.807, 2.05) is 18.2 Å². The van der Waals surface area contributed by atoms with Gasteiger partial charge in [0.15, 0.2) is 0 Å². The van der Waals surface area contributed by atoms with Gasteiger partial charge in [-0.05, 0) is 100 Å². The predicted octanol–water partition coefficient (Wildman–Crippen LogP) is 7.00. The Morgan fingerprint density at radius 2 is 1.62 bits per heavy atom. The third kappa shape index (κ3) is 10.4. The van der Waals surface area contributed by atoms with Crippen molar-refractivity contribution in [3.63, 3.8) is 0 Å². The van der Waals surface area contributed by atoms with E-state index in [1.54, 1.807) is 84.9 Å². The molecule has 14 nitrogen and oxygen atoms in total.